The Balaban J connectivity index is 0.00000225. The molecule has 0 amide bonds. The van der Waals surface area contributed by atoms with Crippen LogP contribution in [0.25, 0.3) is 0 Å². The Kier molecular flexibility index (Phi) is 7.22. The van der Waals surface area contributed by atoms with E-state index in [2.05, 4.69) is 51.1 Å². The molecular weight excluding hydrogens is 427 g/mol. The number of benzene rings is 1. The van der Waals surface area contributed by atoms with Crippen LogP contribution in [-0.2, 0) is 19.4 Å². The van der Waals surface area contributed by atoms with E-state index in [9.17, 15) is 0 Å². The minimum Gasteiger partial charge on any atom is -0.370 e. The number of rotatable bonds is 4. The van der Waals surface area contributed by atoms with E-state index in [-0.39, 0.29) is 24.0 Å². The van der Waals surface area contributed by atoms with Gasteiger partial charge in [0.2, 0.25) is 0 Å². The molecule has 0 saturated carbocycles. The SMILES string of the molecule is Cc1ccc(NC(N)=NCCc2nnc3n2CCCCC3)cc1C.I. The maximum atomic E-state index is 5.99. The second kappa shape index (κ2) is 9.17. The zero-order valence-electron chi connectivity index (χ0n) is 15.0. The van der Waals surface area contributed by atoms with Crippen molar-refractivity contribution in [3.8, 4) is 0 Å². The van der Waals surface area contributed by atoms with Gasteiger partial charge in [0.05, 0.1) is 0 Å². The van der Waals surface area contributed by atoms with Crippen molar-refractivity contribution in [3.63, 3.8) is 0 Å². The fourth-order valence-electron chi connectivity index (χ4n) is 3.01. The first kappa shape index (κ1) is 19.7. The number of nitrogens with one attached hydrogen (secondary N) is 1. The lowest BCUT2D eigenvalue weighted by Gasteiger charge is -2.08. The second-order valence-corrected chi connectivity index (χ2v) is 6.44. The van der Waals surface area contributed by atoms with Crippen molar-refractivity contribution >= 4 is 35.6 Å². The Morgan fingerprint density at radius 1 is 1.20 bits per heavy atom. The summed E-state index contributed by atoms with van der Waals surface area (Å²) >= 11 is 0. The van der Waals surface area contributed by atoms with Gasteiger partial charge in [0, 0.05) is 31.6 Å². The van der Waals surface area contributed by atoms with Crippen LogP contribution in [0.15, 0.2) is 23.2 Å². The van der Waals surface area contributed by atoms with E-state index in [0.717, 1.165) is 36.7 Å². The number of aromatic nitrogens is 3. The lowest BCUT2D eigenvalue weighted by Crippen LogP contribution is -2.23. The summed E-state index contributed by atoms with van der Waals surface area (Å²) < 4.78 is 2.26. The summed E-state index contributed by atoms with van der Waals surface area (Å²) in [5.41, 5.74) is 9.46. The van der Waals surface area contributed by atoms with Crippen molar-refractivity contribution in [2.75, 3.05) is 11.9 Å². The highest BCUT2D eigenvalue weighted by Gasteiger charge is 2.13. The lowest BCUT2D eigenvalue weighted by molar-refractivity contribution is 0.605. The molecule has 0 spiro atoms. The molecule has 3 rings (SSSR count). The van der Waals surface area contributed by atoms with Crippen LogP contribution >= 0.6 is 24.0 Å². The highest BCUT2D eigenvalue weighted by Crippen LogP contribution is 2.15. The summed E-state index contributed by atoms with van der Waals surface area (Å²) in [7, 11) is 0. The molecule has 0 unspecified atom stereocenters. The number of hydrogen-bond donors (Lipinski definition) is 2. The first-order valence-electron chi connectivity index (χ1n) is 8.68. The topological polar surface area (TPSA) is 81.1 Å². The van der Waals surface area contributed by atoms with Crippen molar-refractivity contribution in [2.24, 2.45) is 10.7 Å². The zero-order chi connectivity index (χ0) is 16.9. The highest BCUT2D eigenvalue weighted by molar-refractivity contribution is 14.0. The monoisotopic (exact) mass is 454 g/mol. The maximum Gasteiger partial charge on any atom is 0.193 e. The van der Waals surface area contributed by atoms with Gasteiger partial charge in [0.25, 0.3) is 0 Å². The van der Waals surface area contributed by atoms with Crippen LogP contribution in [-0.4, -0.2) is 27.3 Å². The maximum absolute atomic E-state index is 5.99. The van der Waals surface area contributed by atoms with E-state index in [1.807, 2.05) is 6.07 Å². The van der Waals surface area contributed by atoms with Gasteiger partial charge in [0.15, 0.2) is 5.96 Å². The van der Waals surface area contributed by atoms with Crippen LogP contribution in [0.2, 0.25) is 0 Å². The molecule has 2 heterocycles. The molecule has 7 heteroatoms. The number of anilines is 1. The number of aryl methyl sites for hydroxylation is 3. The Labute approximate surface area is 166 Å². The van der Waals surface area contributed by atoms with Crippen molar-refractivity contribution in [1.29, 1.82) is 0 Å². The smallest absolute Gasteiger partial charge is 0.193 e. The van der Waals surface area contributed by atoms with E-state index < -0.39 is 0 Å². The van der Waals surface area contributed by atoms with Gasteiger partial charge in [-0.25, -0.2) is 0 Å². The molecule has 1 aliphatic heterocycles. The van der Waals surface area contributed by atoms with Gasteiger partial charge in [-0.2, -0.15) is 0 Å². The molecule has 3 N–H and O–H groups in total. The van der Waals surface area contributed by atoms with E-state index in [0.29, 0.717) is 12.5 Å². The van der Waals surface area contributed by atoms with Crippen LogP contribution in [0, 0.1) is 13.8 Å². The van der Waals surface area contributed by atoms with E-state index in [1.165, 1.54) is 30.4 Å². The van der Waals surface area contributed by atoms with Gasteiger partial charge in [0.1, 0.15) is 11.6 Å². The molecule has 6 nitrogen and oxygen atoms in total. The van der Waals surface area contributed by atoms with Gasteiger partial charge in [-0.15, -0.1) is 34.2 Å². The fourth-order valence-corrected chi connectivity index (χ4v) is 3.01. The van der Waals surface area contributed by atoms with E-state index in [4.69, 9.17) is 5.73 Å². The van der Waals surface area contributed by atoms with Gasteiger partial charge in [-0.05, 0) is 49.9 Å². The number of halogens is 1. The predicted octanol–water partition coefficient (Wildman–Crippen LogP) is 3.21. The van der Waals surface area contributed by atoms with Crippen LogP contribution in [0.1, 0.15) is 42.0 Å². The number of nitrogens with zero attached hydrogens (tertiary/aromatic N) is 4. The molecule has 25 heavy (non-hydrogen) atoms. The molecule has 1 aromatic heterocycles. The van der Waals surface area contributed by atoms with Crippen LogP contribution < -0.4 is 11.1 Å². The second-order valence-electron chi connectivity index (χ2n) is 6.44. The summed E-state index contributed by atoms with van der Waals surface area (Å²) in [5, 5.41) is 11.8. The standard InChI is InChI=1S/C18H26N6.HI/c1-13-7-8-15(12-14(13)2)21-18(19)20-10-9-17-23-22-16-6-4-3-5-11-24(16)17;/h7-8,12H,3-6,9-11H2,1-2H3,(H3,19,20,21);1H. The minimum absolute atomic E-state index is 0. The molecule has 0 atom stereocenters. The van der Waals surface area contributed by atoms with Crippen LogP contribution in [0.5, 0.6) is 0 Å². The molecule has 0 saturated heterocycles. The third-order valence-corrected chi connectivity index (χ3v) is 4.58. The highest BCUT2D eigenvalue weighted by atomic mass is 127. The number of guanidine groups is 1. The first-order chi connectivity index (χ1) is 11.6. The largest absolute Gasteiger partial charge is 0.370 e. The summed E-state index contributed by atoms with van der Waals surface area (Å²) in [6.07, 6.45) is 5.49. The summed E-state index contributed by atoms with van der Waals surface area (Å²) in [4.78, 5) is 4.42. The Morgan fingerprint density at radius 3 is 2.84 bits per heavy atom. The molecule has 1 aromatic carbocycles. The zero-order valence-corrected chi connectivity index (χ0v) is 17.3. The quantitative estimate of drug-likeness (QED) is 0.423. The number of aliphatic imine (C=N–C) groups is 1. The molecule has 0 radical (unpaired) electrons. The average molecular weight is 454 g/mol. The minimum atomic E-state index is 0. The Bertz CT molecular complexity index is 737. The van der Waals surface area contributed by atoms with Crippen molar-refractivity contribution in [2.45, 2.75) is 52.5 Å². The molecule has 2 aromatic rings. The summed E-state index contributed by atoms with van der Waals surface area (Å²) in [5.74, 6) is 2.58. The molecule has 0 aliphatic carbocycles. The average Bonchev–Trinajstić information content (AvgIpc) is 2.79. The van der Waals surface area contributed by atoms with Gasteiger partial charge in [-0.1, -0.05) is 12.5 Å². The number of fused-ring (bicyclic) bond motifs is 1. The van der Waals surface area contributed by atoms with Crippen molar-refractivity contribution < 1.29 is 0 Å². The third kappa shape index (κ3) is 5.17. The van der Waals surface area contributed by atoms with Gasteiger partial charge >= 0.3 is 0 Å². The summed E-state index contributed by atoms with van der Waals surface area (Å²) in [6.45, 7) is 5.82. The molecular formula is C18H27IN6. The molecule has 136 valence electrons. The van der Waals surface area contributed by atoms with Crippen LogP contribution in [0.3, 0.4) is 0 Å². The van der Waals surface area contributed by atoms with Crippen molar-refractivity contribution in [3.05, 3.63) is 41.0 Å². The van der Waals surface area contributed by atoms with E-state index >= 15 is 0 Å². The number of nitrogens with two attached hydrogens (primary N) is 1. The lowest BCUT2D eigenvalue weighted by atomic mass is 10.1. The fraction of sp³-hybridized carbons (Fsp3) is 0.500. The number of hydrogen-bond acceptors (Lipinski definition) is 3. The Hall–Kier alpha value is -1.64. The molecule has 0 bridgehead atoms. The Morgan fingerprint density at radius 2 is 2.04 bits per heavy atom. The van der Waals surface area contributed by atoms with Gasteiger partial charge < -0.3 is 15.6 Å². The molecule has 1 aliphatic rings. The van der Waals surface area contributed by atoms with Gasteiger partial charge in [-0.3, -0.25) is 4.99 Å². The molecule has 0 fully saturated rings. The van der Waals surface area contributed by atoms with Crippen molar-refractivity contribution in [1.82, 2.24) is 14.8 Å². The summed E-state index contributed by atoms with van der Waals surface area (Å²) in [6, 6.07) is 6.18. The van der Waals surface area contributed by atoms with Crippen LogP contribution in [0.4, 0.5) is 5.69 Å². The predicted molar refractivity (Wildman–Crippen MR) is 113 cm³/mol. The first-order valence-corrected chi connectivity index (χ1v) is 8.68. The van der Waals surface area contributed by atoms with E-state index in [1.54, 1.807) is 0 Å². The normalized spacial score (nSPS) is 14.4. The third-order valence-electron chi connectivity index (χ3n) is 4.58.